The van der Waals surface area contributed by atoms with E-state index in [1.54, 1.807) is 32.9 Å². The van der Waals surface area contributed by atoms with E-state index >= 15 is 0 Å². The summed E-state index contributed by atoms with van der Waals surface area (Å²) in [5.74, 6) is -0.774. The molecule has 0 spiro atoms. The molecule has 0 saturated heterocycles. The van der Waals surface area contributed by atoms with Crippen LogP contribution < -0.4 is 10.6 Å². The number of nitrogens with one attached hydrogen (secondary N) is 2. The van der Waals surface area contributed by atoms with E-state index in [1.165, 1.54) is 17.0 Å². The van der Waals surface area contributed by atoms with Crippen molar-refractivity contribution in [3.63, 3.8) is 0 Å². The Balaban J connectivity index is 3.34. The third-order valence-corrected chi connectivity index (χ3v) is 5.65. The number of alkyl carbamates (subject to hydrolysis) is 1. The maximum absolute atomic E-state index is 13.7. The number of unbranched alkanes of at least 4 members (excludes halogenated alkanes) is 2. The zero-order valence-corrected chi connectivity index (χ0v) is 22.2. The van der Waals surface area contributed by atoms with Crippen molar-refractivity contribution >= 4 is 30.5 Å². The number of hydrogen-bond acceptors (Lipinski definition) is 6. The van der Waals surface area contributed by atoms with Gasteiger partial charge in [-0.05, 0) is 58.2 Å². The SMILES string of the molecule is CCCCCNC(=O)C(c1cccc(O)c1)N(C(=O)C(CS)NC(=O)OC(C)(C)C)C(C)CC. The molecule has 9 heteroatoms. The average Bonchev–Trinajstić information content (AvgIpc) is 2.76. The molecule has 1 rings (SSSR count). The van der Waals surface area contributed by atoms with Crippen molar-refractivity contribution in [1.29, 1.82) is 0 Å². The Bertz CT molecular complexity index is 812. The summed E-state index contributed by atoms with van der Waals surface area (Å²) < 4.78 is 5.30. The van der Waals surface area contributed by atoms with Crippen LogP contribution in [0.25, 0.3) is 0 Å². The van der Waals surface area contributed by atoms with E-state index < -0.39 is 29.7 Å². The molecule has 0 bridgehead atoms. The van der Waals surface area contributed by atoms with Crippen molar-refractivity contribution < 1.29 is 24.2 Å². The molecule has 8 nitrogen and oxygen atoms in total. The molecule has 0 radical (unpaired) electrons. The maximum Gasteiger partial charge on any atom is 0.408 e. The molecular formula is C25H41N3O5S. The molecule has 192 valence electrons. The summed E-state index contributed by atoms with van der Waals surface area (Å²) in [5.41, 5.74) is -0.246. The fraction of sp³-hybridized carbons (Fsp3) is 0.640. The second kappa shape index (κ2) is 14.1. The molecule has 3 N–H and O–H groups in total. The minimum Gasteiger partial charge on any atom is -0.508 e. The molecule has 1 aromatic rings. The number of carbonyl (C=O) groups is 3. The van der Waals surface area contributed by atoms with Gasteiger partial charge in [0, 0.05) is 18.3 Å². The third kappa shape index (κ3) is 9.44. The number of phenols is 1. The zero-order chi connectivity index (χ0) is 25.9. The minimum atomic E-state index is -1.00. The maximum atomic E-state index is 13.7. The predicted octanol–water partition coefficient (Wildman–Crippen LogP) is 4.19. The van der Waals surface area contributed by atoms with Crippen LogP contribution in [0.4, 0.5) is 4.79 Å². The lowest BCUT2D eigenvalue weighted by molar-refractivity contribution is -0.144. The standard InChI is InChI=1S/C25H41N3O5S/c1-7-9-10-14-26-22(30)21(18-12-11-13-19(29)15-18)28(17(3)8-2)23(31)20(16-34)27-24(32)33-25(4,5)6/h11-13,15,17,20-21,29,34H,7-10,14,16H2,1-6H3,(H,26,30)(H,27,32). The predicted molar refractivity (Wildman–Crippen MR) is 137 cm³/mol. The van der Waals surface area contributed by atoms with E-state index in [0.29, 0.717) is 18.5 Å². The lowest BCUT2D eigenvalue weighted by Gasteiger charge is -2.38. The summed E-state index contributed by atoms with van der Waals surface area (Å²) in [5, 5.41) is 15.6. The monoisotopic (exact) mass is 495 g/mol. The largest absolute Gasteiger partial charge is 0.508 e. The Kier molecular flexibility index (Phi) is 12.3. The Labute approximate surface area is 209 Å². The minimum absolute atomic E-state index is 0.00420. The van der Waals surface area contributed by atoms with E-state index in [-0.39, 0.29) is 23.5 Å². The number of ether oxygens (including phenoxy) is 1. The first-order valence-corrected chi connectivity index (χ1v) is 12.6. The third-order valence-electron chi connectivity index (χ3n) is 5.28. The van der Waals surface area contributed by atoms with Crippen molar-refractivity contribution in [3.05, 3.63) is 29.8 Å². The van der Waals surface area contributed by atoms with Crippen molar-refractivity contribution in [1.82, 2.24) is 15.5 Å². The van der Waals surface area contributed by atoms with Crippen LogP contribution in [0.15, 0.2) is 24.3 Å². The molecule has 1 aromatic carbocycles. The van der Waals surface area contributed by atoms with Gasteiger partial charge < -0.3 is 25.4 Å². The Morgan fingerprint density at radius 1 is 1.18 bits per heavy atom. The summed E-state index contributed by atoms with van der Waals surface area (Å²) in [6.45, 7) is 11.5. The Morgan fingerprint density at radius 2 is 1.85 bits per heavy atom. The first-order chi connectivity index (χ1) is 15.9. The van der Waals surface area contributed by atoms with Crippen molar-refractivity contribution in [2.45, 2.75) is 91.0 Å². The molecule has 0 aliphatic carbocycles. The molecule has 3 unspecified atom stereocenters. The number of rotatable bonds is 12. The molecule has 0 aliphatic rings. The highest BCUT2D eigenvalue weighted by Crippen LogP contribution is 2.28. The van der Waals surface area contributed by atoms with Gasteiger partial charge in [0.15, 0.2) is 0 Å². The summed E-state index contributed by atoms with van der Waals surface area (Å²) in [6, 6.07) is 4.01. The summed E-state index contributed by atoms with van der Waals surface area (Å²) in [7, 11) is 0. The molecule has 0 fully saturated rings. The van der Waals surface area contributed by atoms with Gasteiger partial charge in [-0.3, -0.25) is 9.59 Å². The second-order valence-corrected chi connectivity index (χ2v) is 9.74. The highest BCUT2D eigenvalue weighted by Gasteiger charge is 2.38. The highest BCUT2D eigenvalue weighted by molar-refractivity contribution is 7.80. The van der Waals surface area contributed by atoms with Gasteiger partial charge in [0.2, 0.25) is 11.8 Å². The van der Waals surface area contributed by atoms with Crippen LogP contribution in [-0.2, 0) is 14.3 Å². The quantitative estimate of drug-likeness (QED) is 0.257. The van der Waals surface area contributed by atoms with Crippen LogP contribution in [0.3, 0.4) is 0 Å². The topological polar surface area (TPSA) is 108 Å². The van der Waals surface area contributed by atoms with Gasteiger partial charge in [-0.1, -0.05) is 38.8 Å². The normalized spacial score (nSPS) is 14.0. The smallest absolute Gasteiger partial charge is 0.408 e. The highest BCUT2D eigenvalue weighted by atomic mass is 32.1. The van der Waals surface area contributed by atoms with Gasteiger partial charge in [-0.15, -0.1) is 0 Å². The van der Waals surface area contributed by atoms with E-state index in [9.17, 15) is 19.5 Å². The number of benzene rings is 1. The lowest BCUT2D eigenvalue weighted by atomic mass is 10.00. The summed E-state index contributed by atoms with van der Waals surface area (Å²) in [4.78, 5) is 40.9. The van der Waals surface area contributed by atoms with Gasteiger partial charge in [-0.25, -0.2) is 4.79 Å². The molecule has 3 amide bonds. The van der Waals surface area contributed by atoms with Crippen LogP contribution in [0.5, 0.6) is 5.75 Å². The molecule has 0 heterocycles. The van der Waals surface area contributed by atoms with E-state index in [2.05, 4.69) is 30.2 Å². The number of nitrogens with zero attached hydrogens (tertiary/aromatic N) is 1. The van der Waals surface area contributed by atoms with Gasteiger partial charge in [0.25, 0.3) is 0 Å². The van der Waals surface area contributed by atoms with Gasteiger partial charge in [0.05, 0.1) is 0 Å². The van der Waals surface area contributed by atoms with E-state index in [0.717, 1.165) is 19.3 Å². The van der Waals surface area contributed by atoms with E-state index in [4.69, 9.17) is 4.74 Å². The van der Waals surface area contributed by atoms with Gasteiger partial charge in [0.1, 0.15) is 23.4 Å². The first kappa shape index (κ1) is 29.6. The molecular weight excluding hydrogens is 454 g/mol. The molecule has 0 saturated carbocycles. The zero-order valence-electron chi connectivity index (χ0n) is 21.3. The van der Waals surface area contributed by atoms with Gasteiger partial charge in [-0.2, -0.15) is 12.6 Å². The second-order valence-electron chi connectivity index (χ2n) is 9.38. The number of aromatic hydroxyl groups is 1. The van der Waals surface area contributed by atoms with Crippen LogP contribution in [0.1, 0.15) is 78.8 Å². The van der Waals surface area contributed by atoms with Crippen molar-refractivity contribution in [2.24, 2.45) is 0 Å². The fourth-order valence-electron chi connectivity index (χ4n) is 3.43. The van der Waals surface area contributed by atoms with Gasteiger partial charge >= 0.3 is 6.09 Å². The number of carbonyl (C=O) groups excluding carboxylic acids is 3. The molecule has 0 aromatic heterocycles. The van der Waals surface area contributed by atoms with Crippen LogP contribution >= 0.6 is 12.6 Å². The summed E-state index contributed by atoms with van der Waals surface area (Å²) in [6.07, 6.45) is 2.67. The Hall–Kier alpha value is -2.42. The van der Waals surface area contributed by atoms with Crippen molar-refractivity contribution in [3.8, 4) is 5.75 Å². The number of hydrogen-bond donors (Lipinski definition) is 4. The number of amides is 3. The van der Waals surface area contributed by atoms with E-state index in [1.807, 2.05) is 13.8 Å². The molecule has 0 aliphatic heterocycles. The summed E-state index contributed by atoms with van der Waals surface area (Å²) >= 11 is 4.28. The first-order valence-electron chi connectivity index (χ1n) is 11.9. The number of thiol groups is 1. The van der Waals surface area contributed by atoms with Crippen LogP contribution in [0.2, 0.25) is 0 Å². The number of phenolic OH excluding ortho intramolecular Hbond substituents is 1. The van der Waals surface area contributed by atoms with Crippen LogP contribution in [-0.4, -0.2) is 57.9 Å². The fourth-order valence-corrected chi connectivity index (χ4v) is 3.67. The Morgan fingerprint density at radius 3 is 2.38 bits per heavy atom. The molecule has 3 atom stereocenters. The lowest BCUT2D eigenvalue weighted by Crippen LogP contribution is -2.56. The molecule has 34 heavy (non-hydrogen) atoms. The van der Waals surface area contributed by atoms with Crippen molar-refractivity contribution in [2.75, 3.05) is 12.3 Å². The van der Waals surface area contributed by atoms with Crippen LogP contribution in [0, 0.1) is 0 Å². The average molecular weight is 496 g/mol.